The first-order chi connectivity index (χ1) is 8.17. The Balaban J connectivity index is 2.09. The highest BCUT2D eigenvalue weighted by atomic mass is 32.5. The summed E-state index contributed by atoms with van der Waals surface area (Å²) >= 11 is 6.87. The van der Waals surface area contributed by atoms with Gasteiger partial charge in [-0.3, -0.25) is 9.05 Å². The molecule has 0 saturated carbocycles. The Hall–Kier alpha value is -0.0000000000000000833. The largest absolute Gasteiger partial charge is 0.396 e. The number of aryl methyl sites for hydroxylation is 2. The van der Waals surface area contributed by atoms with E-state index < -0.39 is 6.72 Å². The van der Waals surface area contributed by atoms with Crippen molar-refractivity contribution in [3.63, 3.8) is 0 Å². The smallest absolute Gasteiger partial charge is 0.382 e. The number of nitrogens with zero attached hydrogens (tertiary/aromatic N) is 1. The van der Waals surface area contributed by atoms with E-state index in [0.717, 1.165) is 18.5 Å². The van der Waals surface area contributed by atoms with Crippen LogP contribution in [0.15, 0.2) is 0 Å². The van der Waals surface area contributed by atoms with E-state index in [4.69, 9.17) is 25.4 Å². The first-order valence-corrected chi connectivity index (χ1v) is 9.11. The summed E-state index contributed by atoms with van der Waals surface area (Å²) in [6.45, 7) is 2.08. The van der Waals surface area contributed by atoms with Crippen molar-refractivity contribution in [3.05, 3.63) is 10.6 Å². The van der Waals surface area contributed by atoms with E-state index in [0.29, 0.717) is 18.4 Å². The molecule has 0 saturated heterocycles. The average molecular weight is 293 g/mol. The lowest BCUT2D eigenvalue weighted by Gasteiger charge is -2.19. The number of hydrogen-bond donors (Lipinski definition) is 0. The van der Waals surface area contributed by atoms with E-state index in [1.807, 2.05) is 13.8 Å². The van der Waals surface area contributed by atoms with Crippen molar-refractivity contribution in [2.45, 2.75) is 33.1 Å². The molecule has 1 aromatic heterocycles. The van der Waals surface area contributed by atoms with Gasteiger partial charge in [-0.25, -0.2) is 4.98 Å². The summed E-state index contributed by atoms with van der Waals surface area (Å²) in [6.07, 6.45) is 3.34. The van der Waals surface area contributed by atoms with Gasteiger partial charge in [-0.15, -0.1) is 0 Å². The normalized spacial score (nSPS) is 14.9. The molecule has 0 radical (unpaired) electrons. The molecule has 0 bridgehead atoms. The van der Waals surface area contributed by atoms with Crippen molar-refractivity contribution in [2.24, 2.45) is 0 Å². The van der Waals surface area contributed by atoms with Crippen LogP contribution in [-0.4, -0.2) is 18.2 Å². The zero-order valence-electron chi connectivity index (χ0n) is 9.97. The van der Waals surface area contributed by atoms with Gasteiger partial charge in [0.15, 0.2) is 0 Å². The highest BCUT2D eigenvalue weighted by molar-refractivity contribution is 8.07. The van der Waals surface area contributed by atoms with Crippen LogP contribution in [0.3, 0.4) is 0 Å². The second kappa shape index (κ2) is 5.76. The maximum atomic E-state index is 5.67. The molecule has 1 aliphatic carbocycles. The minimum Gasteiger partial charge on any atom is -0.396 e. The Bertz CT molecular complexity index is 404. The third-order valence-electron chi connectivity index (χ3n) is 2.34. The second-order valence-electron chi connectivity index (χ2n) is 3.58. The molecule has 17 heavy (non-hydrogen) atoms. The van der Waals surface area contributed by atoms with Gasteiger partial charge in [-0.05, 0) is 33.1 Å². The summed E-state index contributed by atoms with van der Waals surface area (Å²) < 4.78 is 16.5. The van der Waals surface area contributed by atoms with Gasteiger partial charge < -0.3 is 4.52 Å². The Labute approximate surface area is 111 Å². The fourth-order valence-corrected chi connectivity index (χ4v) is 5.06. The summed E-state index contributed by atoms with van der Waals surface area (Å²) in [6, 6.07) is 0. The molecular formula is C10H16NO3PS2. The SMILES string of the molecule is CCOP(=S)(OCC)Oc1nc2c(s1)CCC2. The molecule has 96 valence electrons. The summed E-state index contributed by atoms with van der Waals surface area (Å²) in [5, 5.41) is 0.597. The first-order valence-electron chi connectivity index (χ1n) is 5.74. The van der Waals surface area contributed by atoms with Crippen LogP contribution in [0.4, 0.5) is 0 Å². The lowest BCUT2D eigenvalue weighted by atomic mass is 10.4. The average Bonchev–Trinajstić information content (AvgIpc) is 2.77. The molecule has 4 nitrogen and oxygen atoms in total. The Kier molecular flexibility index (Phi) is 4.55. The van der Waals surface area contributed by atoms with Gasteiger partial charge in [0, 0.05) is 16.7 Å². The third-order valence-corrected chi connectivity index (χ3v) is 5.90. The molecule has 1 heterocycles. The predicted molar refractivity (Wildman–Crippen MR) is 72.3 cm³/mol. The zero-order valence-corrected chi connectivity index (χ0v) is 12.5. The molecule has 1 aromatic rings. The van der Waals surface area contributed by atoms with E-state index in [1.165, 1.54) is 11.3 Å². The molecule has 0 aliphatic heterocycles. The standard InChI is InChI=1S/C10H16NO3PS2/c1-3-12-15(16,13-4-2)14-10-11-8-6-5-7-9(8)17-10/h3-7H2,1-2H3. The van der Waals surface area contributed by atoms with Crippen LogP contribution in [0.2, 0.25) is 0 Å². The Morgan fingerprint density at radius 3 is 2.59 bits per heavy atom. The van der Waals surface area contributed by atoms with Crippen LogP contribution < -0.4 is 4.52 Å². The van der Waals surface area contributed by atoms with Gasteiger partial charge in [-0.2, -0.15) is 0 Å². The number of hydrogen-bond acceptors (Lipinski definition) is 6. The minimum absolute atomic E-state index is 0.488. The third kappa shape index (κ3) is 3.26. The summed E-state index contributed by atoms with van der Waals surface area (Å²) in [7, 11) is 0. The Morgan fingerprint density at radius 2 is 2.00 bits per heavy atom. The van der Waals surface area contributed by atoms with Gasteiger partial charge in [0.1, 0.15) is 0 Å². The van der Waals surface area contributed by atoms with Crippen LogP contribution in [0, 0.1) is 0 Å². The summed E-state index contributed by atoms with van der Waals surface area (Å²) in [5.74, 6) is 0. The second-order valence-corrected chi connectivity index (χ2v) is 7.56. The van der Waals surface area contributed by atoms with Gasteiger partial charge in [0.05, 0.1) is 18.9 Å². The summed E-state index contributed by atoms with van der Waals surface area (Å²) in [5.41, 5.74) is 1.15. The van der Waals surface area contributed by atoms with Crippen LogP contribution in [0.5, 0.6) is 5.19 Å². The van der Waals surface area contributed by atoms with Gasteiger partial charge in [-0.1, -0.05) is 11.3 Å². The monoisotopic (exact) mass is 293 g/mol. The molecule has 0 amide bonds. The zero-order chi connectivity index (χ0) is 12.3. The van der Waals surface area contributed by atoms with E-state index in [2.05, 4.69) is 4.98 Å². The van der Waals surface area contributed by atoms with Crippen molar-refractivity contribution in [1.82, 2.24) is 4.98 Å². The van der Waals surface area contributed by atoms with Crippen molar-refractivity contribution in [3.8, 4) is 5.19 Å². The molecule has 0 N–H and O–H groups in total. The molecule has 0 aromatic carbocycles. The molecule has 7 heteroatoms. The lowest BCUT2D eigenvalue weighted by Crippen LogP contribution is -2.01. The lowest BCUT2D eigenvalue weighted by molar-refractivity contribution is 0.217. The molecule has 0 atom stereocenters. The van der Waals surface area contributed by atoms with Gasteiger partial charge in [0.25, 0.3) is 5.19 Å². The molecule has 1 aliphatic rings. The van der Waals surface area contributed by atoms with E-state index in [1.54, 1.807) is 11.3 Å². The maximum Gasteiger partial charge on any atom is 0.382 e. The van der Waals surface area contributed by atoms with Crippen molar-refractivity contribution < 1.29 is 13.6 Å². The molecule has 0 spiro atoms. The van der Waals surface area contributed by atoms with Crippen molar-refractivity contribution in [2.75, 3.05) is 13.2 Å². The topological polar surface area (TPSA) is 40.6 Å². The minimum atomic E-state index is -2.65. The number of rotatable bonds is 6. The number of thiazole rings is 1. The van der Waals surface area contributed by atoms with E-state index in [-0.39, 0.29) is 0 Å². The van der Waals surface area contributed by atoms with Crippen LogP contribution in [-0.2, 0) is 33.7 Å². The number of fused-ring (bicyclic) bond motifs is 1. The quantitative estimate of drug-likeness (QED) is 0.753. The van der Waals surface area contributed by atoms with Crippen LogP contribution >= 0.6 is 18.1 Å². The van der Waals surface area contributed by atoms with E-state index >= 15 is 0 Å². The number of aromatic nitrogens is 1. The fourth-order valence-electron chi connectivity index (χ4n) is 1.71. The van der Waals surface area contributed by atoms with Crippen molar-refractivity contribution >= 4 is 29.9 Å². The molecule has 0 unspecified atom stereocenters. The molecule has 0 fully saturated rings. The molecule has 2 rings (SSSR count). The van der Waals surface area contributed by atoms with E-state index in [9.17, 15) is 0 Å². The first kappa shape index (κ1) is 13.4. The predicted octanol–water partition coefficient (Wildman–Crippen LogP) is 3.31. The van der Waals surface area contributed by atoms with Gasteiger partial charge >= 0.3 is 6.72 Å². The van der Waals surface area contributed by atoms with Gasteiger partial charge in [0.2, 0.25) is 0 Å². The molecular weight excluding hydrogens is 277 g/mol. The highest BCUT2D eigenvalue weighted by Gasteiger charge is 2.25. The van der Waals surface area contributed by atoms with Crippen molar-refractivity contribution in [1.29, 1.82) is 0 Å². The van der Waals surface area contributed by atoms with Crippen LogP contribution in [0.25, 0.3) is 0 Å². The highest BCUT2D eigenvalue weighted by Crippen LogP contribution is 2.51. The maximum absolute atomic E-state index is 5.67. The fraction of sp³-hybridized carbons (Fsp3) is 0.700. The van der Waals surface area contributed by atoms with Crippen LogP contribution in [0.1, 0.15) is 30.8 Å². The summed E-state index contributed by atoms with van der Waals surface area (Å²) in [4.78, 5) is 5.75. The Morgan fingerprint density at radius 1 is 1.29 bits per heavy atom.